The summed E-state index contributed by atoms with van der Waals surface area (Å²) in [7, 11) is 0. The maximum absolute atomic E-state index is 12.1. The number of hydrazone groups is 1. The third-order valence-electron chi connectivity index (χ3n) is 4.81. The first-order valence-electron chi connectivity index (χ1n) is 10.8. The minimum absolute atomic E-state index is 0.308. The summed E-state index contributed by atoms with van der Waals surface area (Å²) in [5, 5.41) is 7.19. The van der Waals surface area contributed by atoms with Crippen LogP contribution in [-0.2, 0) is 16.2 Å². The summed E-state index contributed by atoms with van der Waals surface area (Å²) >= 11 is 5.92. The van der Waals surface area contributed by atoms with Gasteiger partial charge in [0.1, 0.15) is 6.61 Å². The van der Waals surface area contributed by atoms with Crippen molar-refractivity contribution in [3.63, 3.8) is 0 Å². The van der Waals surface area contributed by atoms with Crippen molar-refractivity contribution in [2.24, 2.45) is 5.10 Å². The van der Waals surface area contributed by atoms with Crippen molar-refractivity contribution >= 4 is 29.6 Å². The Labute approximate surface area is 203 Å². The number of amides is 2. The van der Waals surface area contributed by atoms with E-state index in [-0.39, 0.29) is 6.04 Å². The third-order valence-corrected chi connectivity index (χ3v) is 5.06. The Hall–Kier alpha value is -3.84. The molecule has 8 heteroatoms. The highest BCUT2D eigenvalue weighted by Crippen LogP contribution is 2.29. The van der Waals surface area contributed by atoms with E-state index in [2.05, 4.69) is 15.8 Å². The molecule has 1 atom stereocenters. The van der Waals surface area contributed by atoms with Crippen LogP contribution in [0.4, 0.5) is 0 Å². The summed E-state index contributed by atoms with van der Waals surface area (Å²) in [4.78, 5) is 24.2. The SMILES string of the molecule is CCOc1cc(/C=N\NC(=O)C(=O)N[C@@H](C)c2ccccc2)ccc1OCc1ccc(Cl)cc1. The number of ether oxygens (including phenoxy) is 2. The predicted molar refractivity (Wildman–Crippen MR) is 132 cm³/mol. The molecule has 3 aromatic carbocycles. The highest BCUT2D eigenvalue weighted by molar-refractivity contribution is 6.35. The van der Waals surface area contributed by atoms with E-state index in [1.165, 1.54) is 6.21 Å². The zero-order chi connectivity index (χ0) is 24.3. The summed E-state index contributed by atoms with van der Waals surface area (Å²) in [5.74, 6) is -0.505. The van der Waals surface area contributed by atoms with Crippen molar-refractivity contribution in [3.8, 4) is 11.5 Å². The van der Waals surface area contributed by atoms with Gasteiger partial charge in [0, 0.05) is 5.02 Å². The molecule has 0 aliphatic heterocycles. The Kier molecular flexibility index (Phi) is 9.05. The summed E-state index contributed by atoms with van der Waals surface area (Å²) in [5.41, 5.74) is 4.78. The molecule has 176 valence electrons. The zero-order valence-electron chi connectivity index (χ0n) is 19.0. The van der Waals surface area contributed by atoms with Crippen LogP contribution in [0.15, 0.2) is 77.9 Å². The van der Waals surface area contributed by atoms with Crippen molar-refractivity contribution in [2.45, 2.75) is 26.5 Å². The Balaban J connectivity index is 1.56. The highest BCUT2D eigenvalue weighted by Gasteiger charge is 2.16. The second kappa shape index (κ2) is 12.4. The first kappa shape index (κ1) is 24.8. The number of hydrogen-bond donors (Lipinski definition) is 2. The molecule has 0 spiro atoms. The number of benzene rings is 3. The fourth-order valence-electron chi connectivity index (χ4n) is 3.04. The molecule has 0 heterocycles. The van der Waals surface area contributed by atoms with Crippen LogP contribution in [0.3, 0.4) is 0 Å². The van der Waals surface area contributed by atoms with Gasteiger partial charge in [0.05, 0.1) is 18.9 Å². The molecule has 0 fully saturated rings. The van der Waals surface area contributed by atoms with Crippen LogP contribution < -0.4 is 20.2 Å². The number of rotatable bonds is 9. The van der Waals surface area contributed by atoms with Crippen LogP contribution in [0.5, 0.6) is 11.5 Å². The van der Waals surface area contributed by atoms with E-state index < -0.39 is 11.8 Å². The largest absolute Gasteiger partial charge is 0.490 e. The first-order valence-corrected chi connectivity index (χ1v) is 11.2. The first-order chi connectivity index (χ1) is 16.5. The fraction of sp³-hybridized carbons (Fsp3) is 0.192. The van der Waals surface area contributed by atoms with Gasteiger partial charge in [-0.05, 0) is 60.9 Å². The Bertz CT molecular complexity index is 1130. The van der Waals surface area contributed by atoms with Gasteiger partial charge in [0.25, 0.3) is 0 Å². The van der Waals surface area contributed by atoms with E-state index in [0.717, 1.165) is 11.1 Å². The van der Waals surface area contributed by atoms with Gasteiger partial charge in [0.2, 0.25) is 0 Å². The predicted octanol–water partition coefficient (Wildman–Crippen LogP) is 4.65. The molecule has 0 unspecified atom stereocenters. The number of hydrogen-bond acceptors (Lipinski definition) is 5. The Morgan fingerprint density at radius 3 is 2.41 bits per heavy atom. The van der Waals surface area contributed by atoms with Gasteiger partial charge in [-0.15, -0.1) is 0 Å². The summed E-state index contributed by atoms with van der Waals surface area (Å²) in [6.45, 7) is 4.49. The van der Waals surface area contributed by atoms with Crippen molar-refractivity contribution in [2.75, 3.05) is 6.61 Å². The van der Waals surface area contributed by atoms with Crippen LogP contribution in [0.25, 0.3) is 0 Å². The number of carbonyl (C=O) groups excluding carboxylic acids is 2. The highest BCUT2D eigenvalue weighted by atomic mass is 35.5. The summed E-state index contributed by atoms with van der Waals surface area (Å²) in [6, 6.07) is 21.7. The molecule has 0 aliphatic rings. The smallest absolute Gasteiger partial charge is 0.329 e. The molecule has 0 bridgehead atoms. The van der Waals surface area contributed by atoms with E-state index in [1.54, 1.807) is 37.3 Å². The number of nitrogens with zero attached hydrogens (tertiary/aromatic N) is 1. The summed E-state index contributed by atoms with van der Waals surface area (Å²) in [6.07, 6.45) is 1.43. The van der Waals surface area contributed by atoms with E-state index in [1.807, 2.05) is 49.4 Å². The molecule has 0 saturated heterocycles. The molecular formula is C26H26ClN3O4. The zero-order valence-corrected chi connectivity index (χ0v) is 19.7. The second-order valence-corrected chi connectivity index (χ2v) is 7.80. The minimum Gasteiger partial charge on any atom is -0.490 e. The molecule has 2 N–H and O–H groups in total. The monoisotopic (exact) mass is 479 g/mol. The second-order valence-electron chi connectivity index (χ2n) is 7.36. The van der Waals surface area contributed by atoms with Crippen LogP contribution in [0.2, 0.25) is 5.02 Å². The van der Waals surface area contributed by atoms with Crippen molar-refractivity contribution < 1.29 is 19.1 Å². The lowest BCUT2D eigenvalue weighted by molar-refractivity contribution is -0.139. The van der Waals surface area contributed by atoms with Crippen LogP contribution in [0, 0.1) is 0 Å². The van der Waals surface area contributed by atoms with Gasteiger partial charge in [-0.1, -0.05) is 54.1 Å². The van der Waals surface area contributed by atoms with E-state index in [0.29, 0.717) is 35.3 Å². The molecule has 2 amide bonds. The molecule has 0 saturated carbocycles. The number of carbonyl (C=O) groups is 2. The Morgan fingerprint density at radius 2 is 1.71 bits per heavy atom. The van der Waals surface area contributed by atoms with Gasteiger partial charge in [-0.3, -0.25) is 9.59 Å². The van der Waals surface area contributed by atoms with Crippen LogP contribution in [-0.4, -0.2) is 24.6 Å². The molecule has 7 nitrogen and oxygen atoms in total. The third kappa shape index (κ3) is 7.35. The Morgan fingerprint density at radius 1 is 0.971 bits per heavy atom. The van der Waals surface area contributed by atoms with E-state index >= 15 is 0 Å². The molecule has 0 aliphatic carbocycles. The molecule has 3 rings (SSSR count). The van der Waals surface area contributed by atoms with Gasteiger partial charge >= 0.3 is 11.8 Å². The van der Waals surface area contributed by atoms with Crippen molar-refractivity contribution in [1.29, 1.82) is 0 Å². The van der Waals surface area contributed by atoms with Crippen molar-refractivity contribution in [1.82, 2.24) is 10.7 Å². The quantitative estimate of drug-likeness (QED) is 0.266. The average molecular weight is 480 g/mol. The lowest BCUT2D eigenvalue weighted by Crippen LogP contribution is -2.39. The average Bonchev–Trinajstić information content (AvgIpc) is 2.85. The fourth-order valence-corrected chi connectivity index (χ4v) is 3.16. The maximum atomic E-state index is 12.1. The minimum atomic E-state index is -0.855. The number of halogens is 1. The van der Waals surface area contributed by atoms with E-state index in [9.17, 15) is 9.59 Å². The van der Waals surface area contributed by atoms with Gasteiger partial charge in [-0.2, -0.15) is 5.10 Å². The number of nitrogens with one attached hydrogen (secondary N) is 2. The van der Waals surface area contributed by atoms with E-state index in [4.69, 9.17) is 21.1 Å². The van der Waals surface area contributed by atoms with Crippen molar-refractivity contribution in [3.05, 3.63) is 94.5 Å². The topological polar surface area (TPSA) is 89.0 Å². The normalized spacial score (nSPS) is 11.6. The summed E-state index contributed by atoms with van der Waals surface area (Å²) < 4.78 is 11.6. The molecule has 34 heavy (non-hydrogen) atoms. The van der Waals surface area contributed by atoms with Gasteiger partial charge < -0.3 is 14.8 Å². The van der Waals surface area contributed by atoms with Gasteiger partial charge in [-0.25, -0.2) is 5.43 Å². The van der Waals surface area contributed by atoms with Crippen LogP contribution in [0.1, 0.15) is 36.6 Å². The molecule has 0 radical (unpaired) electrons. The maximum Gasteiger partial charge on any atom is 0.329 e. The lowest BCUT2D eigenvalue weighted by atomic mass is 10.1. The van der Waals surface area contributed by atoms with Gasteiger partial charge in [0.15, 0.2) is 11.5 Å². The lowest BCUT2D eigenvalue weighted by Gasteiger charge is -2.13. The molecule has 0 aromatic heterocycles. The molecular weight excluding hydrogens is 454 g/mol. The van der Waals surface area contributed by atoms with Crippen LogP contribution >= 0.6 is 11.6 Å². The molecule has 3 aromatic rings. The standard InChI is InChI=1S/C26H26ClN3O4/c1-3-33-24-15-20(11-14-23(24)34-17-19-9-12-22(27)13-10-19)16-28-30-26(32)25(31)29-18(2)21-7-5-4-6-8-21/h4-16,18H,3,17H2,1-2H3,(H,29,31)(H,30,32)/b28-16-/t18-/m0/s1.